The van der Waals surface area contributed by atoms with Crippen LogP contribution >= 0.6 is 0 Å². The summed E-state index contributed by atoms with van der Waals surface area (Å²) in [5.41, 5.74) is 2.09. The number of ether oxygens (including phenoxy) is 2. The molecule has 1 N–H and O–H groups in total. The smallest absolute Gasteiger partial charge is 0.251 e. The van der Waals surface area contributed by atoms with Gasteiger partial charge in [-0.15, -0.1) is 0 Å². The number of carbonyl (C=O) groups is 1. The third-order valence-electron chi connectivity index (χ3n) is 5.46. The van der Waals surface area contributed by atoms with Gasteiger partial charge in [-0.1, -0.05) is 39.0 Å². The van der Waals surface area contributed by atoms with E-state index in [1.807, 2.05) is 48.5 Å². The lowest BCUT2D eigenvalue weighted by atomic mass is 9.94. The zero-order valence-electron chi connectivity index (χ0n) is 19.3. The first-order valence-electron chi connectivity index (χ1n) is 11.2. The van der Waals surface area contributed by atoms with Gasteiger partial charge in [0.15, 0.2) is 0 Å². The third kappa shape index (κ3) is 7.59. The first kappa shape index (κ1) is 23.1. The summed E-state index contributed by atoms with van der Waals surface area (Å²) in [5, 5.41) is 3.00. The van der Waals surface area contributed by atoms with E-state index < -0.39 is 0 Å². The van der Waals surface area contributed by atoms with Gasteiger partial charge in [0.25, 0.3) is 5.91 Å². The van der Waals surface area contributed by atoms with E-state index in [-0.39, 0.29) is 12.0 Å². The highest BCUT2D eigenvalue weighted by Gasteiger charge is 2.24. The Kier molecular flexibility index (Phi) is 7.97. The summed E-state index contributed by atoms with van der Waals surface area (Å²) >= 11 is 0. The third-order valence-corrected chi connectivity index (χ3v) is 5.46. The van der Waals surface area contributed by atoms with Crippen molar-refractivity contribution in [2.45, 2.75) is 46.1 Å². The first-order chi connectivity index (χ1) is 14.8. The quantitative estimate of drug-likeness (QED) is 0.675. The van der Waals surface area contributed by atoms with Crippen molar-refractivity contribution in [3.8, 4) is 11.5 Å². The van der Waals surface area contributed by atoms with Crippen LogP contribution < -0.4 is 14.8 Å². The van der Waals surface area contributed by atoms with Crippen molar-refractivity contribution in [1.82, 2.24) is 10.2 Å². The molecule has 2 aromatic carbocycles. The van der Waals surface area contributed by atoms with Gasteiger partial charge in [-0.05, 0) is 60.6 Å². The summed E-state index contributed by atoms with van der Waals surface area (Å²) in [6.45, 7) is 10.7. The maximum absolute atomic E-state index is 12.6. The molecule has 1 amide bonds. The van der Waals surface area contributed by atoms with E-state index in [2.05, 4.69) is 31.0 Å². The fourth-order valence-corrected chi connectivity index (χ4v) is 4.01. The van der Waals surface area contributed by atoms with Crippen LogP contribution in [0, 0.1) is 5.41 Å². The zero-order valence-corrected chi connectivity index (χ0v) is 19.3. The van der Waals surface area contributed by atoms with Gasteiger partial charge in [-0.3, -0.25) is 4.79 Å². The molecule has 1 saturated heterocycles. The molecule has 0 unspecified atom stereocenters. The molecule has 0 atom stereocenters. The van der Waals surface area contributed by atoms with Gasteiger partial charge in [0.05, 0.1) is 7.11 Å². The fourth-order valence-electron chi connectivity index (χ4n) is 4.01. The summed E-state index contributed by atoms with van der Waals surface area (Å²) in [5.74, 6) is 1.53. The molecule has 0 bridgehead atoms. The van der Waals surface area contributed by atoms with Crippen LogP contribution in [0.4, 0.5) is 0 Å². The highest BCUT2D eigenvalue weighted by molar-refractivity contribution is 5.94. The standard InChI is InChI=1S/C26H36N2O3/c1-26(2,3)19-28-15-12-22(13-16-28)31-24-10-6-8-21(18-24)25(29)27-14-11-20-7-5-9-23(17-20)30-4/h5-10,17-18,22H,11-16,19H2,1-4H3,(H,27,29). The summed E-state index contributed by atoms with van der Waals surface area (Å²) in [7, 11) is 1.66. The molecule has 5 heteroatoms. The van der Waals surface area contributed by atoms with Crippen molar-refractivity contribution >= 4 is 5.91 Å². The van der Waals surface area contributed by atoms with E-state index in [1.54, 1.807) is 7.11 Å². The molecule has 3 rings (SSSR count). The van der Waals surface area contributed by atoms with E-state index in [0.29, 0.717) is 17.5 Å². The largest absolute Gasteiger partial charge is 0.497 e. The van der Waals surface area contributed by atoms with E-state index in [1.165, 1.54) is 0 Å². The number of likely N-dealkylation sites (tertiary alicyclic amines) is 1. The van der Waals surface area contributed by atoms with Gasteiger partial charge in [-0.2, -0.15) is 0 Å². The van der Waals surface area contributed by atoms with Gasteiger partial charge in [-0.25, -0.2) is 0 Å². The van der Waals surface area contributed by atoms with E-state index >= 15 is 0 Å². The summed E-state index contributed by atoms with van der Waals surface area (Å²) in [6.07, 6.45) is 3.01. The van der Waals surface area contributed by atoms with Gasteiger partial charge in [0, 0.05) is 31.7 Å². The predicted octanol–water partition coefficient (Wildman–Crippen LogP) is 4.56. The Hall–Kier alpha value is -2.53. The lowest BCUT2D eigenvalue weighted by Gasteiger charge is -2.36. The van der Waals surface area contributed by atoms with E-state index in [9.17, 15) is 4.79 Å². The lowest BCUT2D eigenvalue weighted by molar-refractivity contribution is 0.0808. The Bertz CT molecular complexity index is 852. The van der Waals surface area contributed by atoms with E-state index in [4.69, 9.17) is 9.47 Å². The number of hydrogen-bond donors (Lipinski definition) is 1. The predicted molar refractivity (Wildman–Crippen MR) is 125 cm³/mol. The molecule has 1 fully saturated rings. The highest BCUT2D eigenvalue weighted by Crippen LogP contribution is 2.23. The fraction of sp³-hybridized carbons (Fsp3) is 0.500. The highest BCUT2D eigenvalue weighted by atomic mass is 16.5. The number of nitrogens with one attached hydrogen (secondary N) is 1. The monoisotopic (exact) mass is 424 g/mol. The normalized spacial score (nSPS) is 15.5. The van der Waals surface area contributed by atoms with E-state index in [0.717, 1.165) is 56.0 Å². The average molecular weight is 425 g/mol. The molecule has 0 radical (unpaired) electrons. The Balaban J connectivity index is 1.46. The topological polar surface area (TPSA) is 50.8 Å². The number of hydrogen-bond acceptors (Lipinski definition) is 4. The zero-order chi connectivity index (χ0) is 22.3. The summed E-state index contributed by atoms with van der Waals surface area (Å²) < 4.78 is 11.5. The van der Waals surface area contributed by atoms with Crippen LogP contribution in [-0.2, 0) is 6.42 Å². The SMILES string of the molecule is COc1cccc(CCNC(=O)c2cccc(OC3CCN(CC(C)(C)C)CC3)c2)c1. The van der Waals surface area contributed by atoms with Crippen LogP contribution in [0.15, 0.2) is 48.5 Å². The molecule has 0 aromatic heterocycles. The van der Waals surface area contributed by atoms with Gasteiger partial charge in [0.1, 0.15) is 17.6 Å². The number of benzene rings is 2. The van der Waals surface area contributed by atoms with Crippen molar-refractivity contribution in [1.29, 1.82) is 0 Å². The van der Waals surface area contributed by atoms with Crippen LogP contribution in [0.25, 0.3) is 0 Å². The van der Waals surface area contributed by atoms with Crippen LogP contribution in [0.2, 0.25) is 0 Å². The maximum Gasteiger partial charge on any atom is 0.251 e. The Morgan fingerprint density at radius 3 is 2.48 bits per heavy atom. The van der Waals surface area contributed by atoms with Crippen molar-refractivity contribution in [2.24, 2.45) is 5.41 Å². The minimum Gasteiger partial charge on any atom is -0.497 e. The maximum atomic E-state index is 12.6. The molecule has 1 aliphatic rings. The number of nitrogens with zero attached hydrogens (tertiary/aromatic N) is 1. The second kappa shape index (κ2) is 10.7. The number of rotatable bonds is 8. The van der Waals surface area contributed by atoms with Crippen LogP contribution in [-0.4, -0.2) is 50.2 Å². The van der Waals surface area contributed by atoms with Crippen LogP contribution in [0.5, 0.6) is 11.5 Å². The van der Waals surface area contributed by atoms with Crippen LogP contribution in [0.3, 0.4) is 0 Å². The minimum atomic E-state index is -0.0756. The van der Waals surface area contributed by atoms with Crippen molar-refractivity contribution in [2.75, 3.05) is 33.3 Å². The van der Waals surface area contributed by atoms with Gasteiger partial charge >= 0.3 is 0 Å². The number of carbonyl (C=O) groups excluding carboxylic acids is 1. The Morgan fingerprint density at radius 1 is 1.06 bits per heavy atom. The summed E-state index contributed by atoms with van der Waals surface area (Å²) in [6, 6.07) is 15.4. The van der Waals surface area contributed by atoms with Gasteiger partial charge in [0.2, 0.25) is 0 Å². The first-order valence-corrected chi connectivity index (χ1v) is 11.2. The molecule has 2 aromatic rings. The summed E-state index contributed by atoms with van der Waals surface area (Å²) in [4.78, 5) is 15.1. The molecule has 0 saturated carbocycles. The molecule has 1 heterocycles. The lowest BCUT2D eigenvalue weighted by Crippen LogP contribution is -2.42. The van der Waals surface area contributed by atoms with Crippen molar-refractivity contribution < 1.29 is 14.3 Å². The number of piperidine rings is 1. The number of amides is 1. The second-order valence-corrected chi connectivity index (χ2v) is 9.54. The molecule has 0 spiro atoms. The van der Waals surface area contributed by atoms with Gasteiger partial charge < -0.3 is 19.7 Å². The van der Waals surface area contributed by atoms with Crippen molar-refractivity contribution in [3.05, 3.63) is 59.7 Å². The Morgan fingerprint density at radius 2 is 1.77 bits per heavy atom. The Labute approximate surface area is 186 Å². The second-order valence-electron chi connectivity index (χ2n) is 9.54. The molecule has 31 heavy (non-hydrogen) atoms. The molecular formula is C26H36N2O3. The molecule has 0 aliphatic carbocycles. The van der Waals surface area contributed by atoms with Crippen molar-refractivity contribution in [3.63, 3.8) is 0 Å². The average Bonchev–Trinajstić information content (AvgIpc) is 2.74. The number of methoxy groups -OCH3 is 1. The molecule has 5 nitrogen and oxygen atoms in total. The molecule has 1 aliphatic heterocycles. The minimum absolute atomic E-state index is 0.0756. The molecule has 168 valence electrons. The molecular weight excluding hydrogens is 388 g/mol. The van der Waals surface area contributed by atoms with Crippen LogP contribution in [0.1, 0.15) is 49.5 Å².